The predicted octanol–water partition coefficient (Wildman–Crippen LogP) is 5.14. The van der Waals surface area contributed by atoms with E-state index >= 15 is 0 Å². The highest BCUT2D eigenvalue weighted by Crippen LogP contribution is 2.27. The van der Waals surface area contributed by atoms with Crippen LogP contribution in [0.4, 0.5) is 0 Å². The molecular weight excluding hydrogens is 312 g/mol. The molecule has 98 valence electrons. The van der Waals surface area contributed by atoms with E-state index in [1.165, 1.54) is 5.52 Å². The highest BCUT2D eigenvalue weighted by molar-refractivity contribution is 9.10. The Balaban J connectivity index is 2.48. The van der Waals surface area contributed by atoms with Crippen LogP contribution in [-0.4, -0.2) is 9.55 Å². The Labute approximate surface area is 121 Å². The molecule has 0 saturated heterocycles. The van der Waals surface area contributed by atoms with Gasteiger partial charge in [-0.15, -0.1) is 11.6 Å². The second-order valence-corrected chi connectivity index (χ2v) is 6.62. The Morgan fingerprint density at radius 3 is 2.67 bits per heavy atom. The van der Waals surface area contributed by atoms with E-state index in [4.69, 9.17) is 11.6 Å². The number of alkyl halides is 1. The van der Waals surface area contributed by atoms with Gasteiger partial charge in [0.25, 0.3) is 0 Å². The minimum atomic E-state index is -0.0664. The van der Waals surface area contributed by atoms with Gasteiger partial charge in [0, 0.05) is 11.0 Å². The lowest BCUT2D eigenvalue weighted by Gasteiger charge is -2.12. The summed E-state index contributed by atoms with van der Waals surface area (Å²) < 4.78 is 3.30. The number of hydrogen-bond acceptors (Lipinski definition) is 1. The Bertz CT molecular complexity index is 546. The van der Waals surface area contributed by atoms with E-state index in [0.717, 1.165) is 28.8 Å². The van der Waals surface area contributed by atoms with Crippen LogP contribution in [0.2, 0.25) is 0 Å². The quantitative estimate of drug-likeness (QED) is 0.710. The maximum Gasteiger partial charge on any atom is 0.127 e. The molecule has 0 amide bonds. The molecule has 1 aromatic heterocycles. The first kappa shape index (κ1) is 13.9. The maximum atomic E-state index is 6.24. The topological polar surface area (TPSA) is 17.8 Å². The van der Waals surface area contributed by atoms with E-state index in [-0.39, 0.29) is 5.38 Å². The third-order valence-corrected chi connectivity index (χ3v) is 3.71. The molecular formula is C14H18BrClN2. The molecule has 2 rings (SSSR count). The molecule has 0 radical (unpaired) electrons. The number of hydrogen-bond donors (Lipinski definition) is 0. The summed E-state index contributed by atoms with van der Waals surface area (Å²) in [6.07, 6.45) is 1.14. The number of aromatic nitrogens is 2. The molecule has 0 aliphatic carbocycles. The summed E-state index contributed by atoms with van der Waals surface area (Å²) in [4.78, 5) is 4.65. The third-order valence-electron chi connectivity index (χ3n) is 3.03. The lowest BCUT2D eigenvalue weighted by molar-refractivity contribution is 0.512. The van der Waals surface area contributed by atoms with E-state index < -0.39 is 0 Å². The number of rotatable bonds is 4. The minimum absolute atomic E-state index is 0.0664. The number of benzene rings is 1. The van der Waals surface area contributed by atoms with Crippen LogP contribution < -0.4 is 0 Å². The molecule has 18 heavy (non-hydrogen) atoms. The molecule has 4 heteroatoms. The molecule has 0 aliphatic heterocycles. The molecule has 2 nitrogen and oxygen atoms in total. The fourth-order valence-corrected chi connectivity index (χ4v) is 2.56. The van der Waals surface area contributed by atoms with E-state index in [0.29, 0.717) is 5.92 Å². The molecule has 0 spiro atoms. The molecule has 1 heterocycles. The summed E-state index contributed by atoms with van der Waals surface area (Å²) in [6.45, 7) is 7.42. The van der Waals surface area contributed by atoms with Gasteiger partial charge in [-0.25, -0.2) is 4.98 Å². The van der Waals surface area contributed by atoms with Gasteiger partial charge in [-0.1, -0.05) is 29.8 Å². The van der Waals surface area contributed by atoms with Crippen molar-refractivity contribution >= 4 is 38.6 Å². The molecule has 1 aromatic carbocycles. The maximum absolute atomic E-state index is 6.24. The van der Waals surface area contributed by atoms with Gasteiger partial charge in [0.05, 0.1) is 16.4 Å². The van der Waals surface area contributed by atoms with Crippen LogP contribution in [0.3, 0.4) is 0 Å². The van der Waals surface area contributed by atoms with E-state index in [9.17, 15) is 0 Å². The highest BCUT2D eigenvalue weighted by Gasteiger charge is 2.15. The van der Waals surface area contributed by atoms with Gasteiger partial charge < -0.3 is 4.57 Å². The summed E-state index contributed by atoms with van der Waals surface area (Å²) in [6, 6.07) is 6.21. The van der Waals surface area contributed by atoms with Crippen molar-refractivity contribution in [2.75, 3.05) is 0 Å². The number of halogens is 2. The van der Waals surface area contributed by atoms with Crippen LogP contribution in [0.1, 0.15) is 38.4 Å². The normalized spacial score (nSPS) is 13.4. The third kappa shape index (κ3) is 2.89. The van der Waals surface area contributed by atoms with E-state index in [1.54, 1.807) is 0 Å². The van der Waals surface area contributed by atoms with Gasteiger partial charge in [0.1, 0.15) is 5.82 Å². The van der Waals surface area contributed by atoms with Gasteiger partial charge >= 0.3 is 0 Å². The molecule has 0 N–H and O–H groups in total. The van der Waals surface area contributed by atoms with Crippen LogP contribution >= 0.6 is 27.5 Å². The van der Waals surface area contributed by atoms with Gasteiger partial charge in [-0.2, -0.15) is 0 Å². The SMILES string of the molecule is CC(C)CCn1c(C(C)Cl)nc2cc(Br)ccc21. The number of aryl methyl sites for hydroxylation is 1. The average molecular weight is 330 g/mol. The van der Waals surface area contributed by atoms with Crippen molar-refractivity contribution in [1.82, 2.24) is 9.55 Å². The fourth-order valence-electron chi connectivity index (χ4n) is 2.05. The average Bonchev–Trinajstić information content (AvgIpc) is 2.64. The highest BCUT2D eigenvalue weighted by atomic mass is 79.9. The zero-order valence-corrected chi connectivity index (χ0v) is 13.3. The summed E-state index contributed by atoms with van der Waals surface area (Å²) in [7, 11) is 0. The summed E-state index contributed by atoms with van der Waals surface area (Å²) in [5.41, 5.74) is 2.18. The first-order chi connectivity index (χ1) is 8.49. The monoisotopic (exact) mass is 328 g/mol. The molecule has 0 bridgehead atoms. The molecule has 1 unspecified atom stereocenters. The van der Waals surface area contributed by atoms with Crippen LogP contribution in [-0.2, 0) is 6.54 Å². The summed E-state index contributed by atoms with van der Waals surface area (Å²) >= 11 is 9.72. The Morgan fingerprint density at radius 1 is 1.33 bits per heavy atom. The van der Waals surface area contributed by atoms with Gasteiger partial charge in [-0.3, -0.25) is 0 Å². The van der Waals surface area contributed by atoms with Crippen molar-refractivity contribution in [3.63, 3.8) is 0 Å². The second kappa shape index (κ2) is 5.62. The van der Waals surface area contributed by atoms with Crippen molar-refractivity contribution in [2.24, 2.45) is 5.92 Å². The summed E-state index contributed by atoms with van der Waals surface area (Å²) in [5.74, 6) is 1.64. The molecule has 2 aromatic rings. The van der Waals surface area contributed by atoms with Crippen molar-refractivity contribution in [3.8, 4) is 0 Å². The predicted molar refractivity (Wildman–Crippen MR) is 81.2 cm³/mol. The Morgan fingerprint density at radius 2 is 2.06 bits per heavy atom. The van der Waals surface area contributed by atoms with E-state index in [1.807, 2.05) is 13.0 Å². The van der Waals surface area contributed by atoms with Crippen LogP contribution in [0, 0.1) is 5.92 Å². The van der Waals surface area contributed by atoms with E-state index in [2.05, 4.69) is 51.5 Å². The largest absolute Gasteiger partial charge is 0.327 e. The van der Waals surface area contributed by atoms with Crippen LogP contribution in [0.15, 0.2) is 22.7 Å². The molecule has 0 saturated carbocycles. The van der Waals surface area contributed by atoms with Gasteiger partial charge in [0.15, 0.2) is 0 Å². The number of fused-ring (bicyclic) bond motifs is 1. The van der Waals surface area contributed by atoms with Crippen molar-refractivity contribution in [3.05, 3.63) is 28.5 Å². The fraction of sp³-hybridized carbons (Fsp3) is 0.500. The number of imidazole rings is 1. The first-order valence-corrected chi connectivity index (χ1v) is 7.51. The molecule has 0 fully saturated rings. The number of nitrogens with zero attached hydrogens (tertiary/aromatic N) is 2. The lowest BCUT2D eigenvalue weighted by atomic mass is 10.1. The first-order valence-electron chi connectivity index (χ1n) is 6.28. The Kier molecular flexibility index (Phi) is 4.33. The zero-order chi connectivity index (χ0) is 13.3. The smallest absolute Gasteiger partial charge is 0.127 e. The summed E-state index contributed by atoms with van der Waals surface area (Å²) in [5, 5.41) is -0.0664. The van der Waals surface area contributed by atoms with Gasteiger partial charge in [-0.05, 0) is 37.5 Å². The minimum Gasteiger partial charge on any atom is -0.327 e. The van der Waals surface area contributed by atoms with Gasteiger partial charge in [0.2, 0.25) is 0 Å². The standard InChI is InChI=1S/C14H18BrClN2/c1-9(2)6-7-18-13-5-4-11(15)8-12(13)17-14(18)10(3)16/h4-5,8-10H,6-7H2,1-3H3. The zero-order valence-electron chi connectivity index (χ0n) is 11.0. The van der Waals surface area contributed by atoms with Crippen molar-refractivity contribution in [1.29, 1.82) is 0 Å². The Hall–Kier alpha value is -0.540. The lowest BCUT2D eigenvalue weighted by Crippen LogP contribution is -2.06. The van der Waals surface area contributed by atoms with Crippen LogP contribution in [0.5, 0.6) is 0 Å². The molecule has 0 aliphatic rings. The molecule has 1 atom stereocenters. The van der Waals surface area contributed by atoms with Crippen molar-refractivity contribution in [2.45, 2.75) is 39.1 Å². The van der Waals surface area contributed by atoms with Crippen LogP contribution in [0.25, 0.3) is 11.0 Å². The second-order valence-electron chi connectivity index (χ2n) is 5.05. The van der Waals surface area contributed by atoms with Crippen molar-refractivity contribution < 1.29 is 0 Å².